The Hall–Kier alpha value is -1.90. The van der Waals surface area contributed by atoms with Crippen molar-refractivity contribution in [3.05, 3.63) is 65.7 Å². The van der Waals surface area contributed by atoms with E-state index in [4.69, 9.17) is 9.63 Å². The molecule has 5 heteroatoms. The number of benzene rings is 2. The van der Waals surface area contributed by atoms with Gasteiger partial charge in [0.05, 0.1) is 17.6 Å². The van der Waals surface area contributed by atoms with Crippen LogP contribution in [0.25, 0.3) is 0 Å². The summed E-state index contributed by atoms with van der Waals surface area (Å²) in [5.74, 6) is 0. The molecule has 1 aliphatic rings. The zero-order valence-electron chi connectivity index (χ0n) is 16.3. The number of unbranched alkanes of at least 4 members (excludes halogenated alkanes) is 1. The van der Waals surface area contributed by atoms with Gasteiger partial charge in [-0.25, -0.2) is 4.78 Å². The fourth-order valence-corrected chi connectivity index (χ4v) is 5.41. The van der Waals surface area contributed by atoms with Gasteiger partial charge in [0.2, 0.25) is 0 Å². The molecule has 0 aliphatic carbocycles. The van der Waals surface area contributed by atoms with E-state index in [-0.39, 0.29) is 0 Å². The summed E-state index contributed by atoms with van der Waals surface area (Å²) in [4.78, 5) is 0. The minimum Gasteiger partial charge on any atom is -0.309 e. The van der Waals surface area contributed by atoms with Crippen molar-refractivity contribution >= 4 is 18.5 Å². The maximum Gasteiger partial charge on any atom is 0.341 e. The van der Waals surface area contributed by atoms with Crippen molar-refractivity contribution in [1.29, 1.82) is 0 Å². The van der Waals surface area contributed by atoms with Gasteiger partial charge in [-0.1, -0.05) is 55.8 Å². The summed E-state index contributed by atoms with van der Waals surface area (Å²) in [6, 6.07) is 18.1. The highest BCUT2D eigenvalue weighted by molar-refractivity contribution is 7.64. The highest BCUT2D eigenvalue weighted by Crippen LogP contribution is 2.51. The molecular weight excluding hydrogens is 355 g/mol. The molecule has 0 saturated carbocycles. The maximum atomic E-state index is 13.7. The van der Waals surface area contributed by atoms with Gasteiger partial charge in [-0.2, -0.15) is 5.10 Å². The predicted octanol–water partition coefficient (Wildman–Crippen LogP) is 5.38. The minimum absolute atomic E-state index is 0.389. The normalized spacial score (nSPS) is 16.7. The summed E-state index contributed by atoms with van der Waals surface area (Å²) < 4.78 is 21.2. The van der Waals surface area contributed by atoms with Crippen molar-refractivity contribution < 1.29 is 9.09 Å². The first kappa shape index (κ1) is 19.9. The van der Waals surface area contributed by atoms with E-state index in [0.717, 1.165) is 30.5 Å². The number of hydrazone groups is 1. The maximum absolute atomic E-state index is 13.7. The van der Waals surface area contributed by atoms with Gasteiger partial charge in [0.15, 0.2) is 0 Å². The SMILES string of the molecule is CCCCc1ccc(C2=NN(P(=O)(OCC)c3ccccc3)CCC2)cc1. The van der Waals surface area contributed by atoms with Crippen LogP contribution in [0.1, 0.15) is 50.7 Å². The molecule has 1 atom stereocenters. The molecule has 0 N–H and O–H groups in total. The molecule has 0 amide bonds. The molecule has 0 saturated heterocycles. The molecule has 0 fully saturated rings. The number of rotatable bonds is 8. The Balaban J connectivity index is 1.87. The molecular formula is C22H29N2O2P. The van der Waals surface area contributed by atoms with E-state index in [1.807, 2.05) is 37.3 Å². The second-order valence-corrected chi connectivity index (χ2v) is 9.10. The molecule has 1 heterocycles. The summed E-state index contributed by atoms with van der Waals surface area (Å²) >= 11 is 0. The smallest absolute Gasteiger partial charge is 0.309 e. The minimum atomic E-state index is -3.18. The molecule has 144 valence electrons. The van der Waals surface area contributed by atoms with Crippen molar-refractivity contribution in [2.45, 2.75) is 46.0 Å². The first-order valence-corrected chi connectivity index (χ1v) is 11.5. The van der Waals surface area contributed by atoms with E-state index >= 15 is 0 Å². The Kier molecular flexibility index (Phi) is 6.87. The van der Waals surface area contributed by atoms with Crippen LogP contribution in [0.3, 0.4) is 0 Å². The number of nitrogens with zero attached hydrogens (tertiary/aromatic N) is 2. The summed E-state index contributed by atoms with van der Waals surface area (Å²) in [5, 5.41) is 5.47. The Morgan fingerprint density at radius 3 is 2.48 bits per heavy atom. The average Bonchev–Trinajstić information content (AvgIpc) is 2.73. The molecule has 1 unspecified atom stereocenters. The third-order valence-corrected chi connectivity index (χ3v) is 7.26. The lowest BCUT2D eigenvalue weighted by Crippen LogP contribution is -2.29. The van der Waals surface area contributed by atoms with Crippen molar-refractivity contribution in [3.8, 4) is 0 Å². The van der Waals surface area contributed by atoms with E-state index in [0.29, 0.717) is 18.5 Å². The van der Waals surface area contributed by atoms with Crippen LogP contribution in [-0.2, 0) is 15.5 Å². The van der Waals surface area contributed by atoms with Gasteiger partial charge in [0.1, 0.15) is 0 Å². The van der Waals surface area contributed by atoms with Crippen LogP contribution < -0.4 is 5.30 Å². The van der Waals surface area contributed by atoms with E-state index in [1.165, 1.54) is 18.4 Å². The van der Waals surface area contributed by atoms with E-state index < -0.39 is 7.52 Å². The zero-order chi connectivity index (χ0) is 19.1. The first-order chi connectivity index (χ1) is 13.2. The van der Waals surface area contributed by atoms with E-state index in [1.54, 1.807) is 4.78 Å². The predicted molar refractivity (Wildman–Crippen MR) is 113 cm³/mol. The Bertz CT molecular complexity index is 803. The molecule has 0 bridgehead atoms. The highest BCUT2D eigenvalue weighted by Gasteiger charge is 2.35. The van der Waals surface area contributed by atoms with Crippen LogP contribution in [0.5, 0.6) is 0 Å². The summed E-state index contributed by atoms with van der Waals surface area (Å²) in [6.07, 6.45) is 5.34. The number of hydrogen-bond acceptors (Lipinski definition) is 3. The molecule has 1 aliphatic heterocycles. The second kappa shape index (κ2) is 9.34. The van der Waals surface area contributed by atoms with Crippen molar-refractivity contribution in [3.63, 3.8) is 0 Å². The summed E-state index contributed by atoms with van der Waals surface area (Å²) in [6.45, 7) is 5.12. The Morgan fingerprint density at radius 2 is 1.81 bits per heavy atom. The van der Waals surface area contributed by atoms with Crippen LogP contribution in [0.4, 0.5) is 0 Å². The van der Waals surface area contributed by atoms with E-state index in [2.05, 4.69) is 31.2 Å². The van der Waals surface area contributed by atoms with E-state index in [9.17, 15) is 4.57 Å². The quantitative estimate of drug-likeness (QED) is 0.574. The van der Waals surface area contributed by atoms with Crippen LogP contribution in [0.15, 0.2) is 59.7 Å². The van der Waals surface area contributed by atoms with Gasteiger partial charge in [0, 0.05) is 6.54 Å². The van der Waals surface area contributed by atoms with Crippen LogP contribution >= 0.6 is 7.52 Å². The third-order valence-electron chi connectivity index (χ3n) is 4.80. The lowest BCUT2D eigenvalue weighted by atomic mass is 10.0. The van der Waals surface area contributed by atoms with Gasteiger partial charge in [-0.3, -0.25) is 4.57 Å². The topological polar surface area (TPSA) is 41.9 Å². The van der Waals surface area contributed by atoms with Crippen LogP contribution in [0.2, 0.25) is 0 Å². The highest BCUT2D eigenvalue weighted by atomic mass is 31.2. The molecule has 0 radical (unpaired) electrons. The molecule has 2 aromatic carbocycles. The Labute approximate surface area is 162 Å². The number of aryl methyl sites for hydroxylation is 1. The summed E-state index contributed by atoms with van der Waals surface area (Å²) in [5.41, 5.74) is 3.45. The largest absolute Gasteiger partial charge is 0.341 e. The van der Waals surface area contributed by atoms with Gasteiger partial charge in [0.25, 0.3) is 0 Å². The molecule has 2 aromatic rings. The van der Waals surface area contributed by atoms with Gasteiger partial charge in [-0.05, 0) is 55.9 Å². The van der Waals surface area contributed by atoms with Gasteiger partial charge < -0.3 is 4.52 Å². The molecule has 0 aromatic heterocycles. The lowest BCUT2D eigenvalue weighted by Gasteiger charge is -2.32. The van der Waals surface area contributed by atoms with Crippen LogP contribution in [-0.4, -0.2) is 23.6 Å². The standard InChI is InChI=1S/C22H29N2O2P/c1-3-5-10-19-14-16-20(17-15-19)22-13-9-18-24(23-22)27(25,26-4-2)21-11-7-6-8-12-21/h6-8,11-12,14-17H,3-5,9-10,13,18H2,1-2H3. The molecule has 0 spiro atoms. The number of hydrogen-bond donors (Lipinski definition) is 0. The lowest BCUT2D eigenvalue weighted by molar-refractivity contribution is 0.278. The van der Waals surface area contributed by atoms with Crippen molar-refractivity contribution in [2.75, 3.05) is 13.2 Å². The molecule has 4 nitrogen and oxygen atoms in total. The van der Waals surface area contributed by atoms with Gasteiger partial charge in [-0.15, -0.1) is 0 Å². The summed E-state index contributed by atoms with van der Waals surface area (Å²) in [7, 11) is -3.18. The molecule has 27 heavy (non-hydrogen) atoms. The Morgan fingerprint density at radius 1 is 1.07 bits per heavy atom. The van der Waals surface area contributed by atoms with Crippen molar-refractivity contribution in [2.24, 2.45) is 5.10 Å². The second-order valence-electron chi connectivity index (χ2n) is 6.82. The fourth-order valence-electron chi connectivity index (χ4n) is 3.33. The first-order valence-electron chi connectivity index (χ1n) is 9.92. The van der Waals surface area contributed by atoms with Crippen molar-refractivity contribution in [1.82, 2.24) is 4.78 Å². The molecule has 3 rings (SSSR count). The average molecular weight is 384 g/mol. The zero-order valence-corrected chi connectivity index (χ0v) is 17.2. The van der Waals surface area contributed by atoms with Crippen LogP contribution in [0, 0.1) is 0 Å². The monoisotopic (exact) mass is 384 g/mol. The fraction of sp³-hybridized carbons (Fsp3) is 0.409. The third kappa shape index (κ3) is 4.69. The van der Waals surface area contributed by atoms with Gasteiger partial charge >= 0.3 is 7.52 Å².